The zero-order chi connectivity index (χ0) is 44.5. The van der Waals surface area contributed by atoms with Crippen molar-refractivity contribution in [3.63, 3.8) is 0 Å². The SMILES string of the molecule is COc1nc(N2CCC(N3CCN(CC4CCN(c5ccc6c(c5)C(=O)N(C5CCC(=O)NC5=O)C6=O)CC4)CC3)CC2)ccc1Nc1ncc(Cl)c(Nc2cccnc2P(C)C)n1. The Balaban J connectivity index is 0.722. The molecule has 4 amide bonds. The molecular weight excluding hydrogens is 855 g/mol. The van der Waals surface area contributed by atoms with Crippen LogP contribution in [-0.4, -0.2) is 150 Å². The minimum absolute atomic E-state index is 0.101. The number of rotatable bonds is 12. The molecule has 0 spiro atoms. The van der Waals surface area contributed by atoms with Crippen molar-refractivity contribution >= 4 is 83.2 Å². The number of fused-ring (bicyclic) bond motifs is 1. The van der Waals surface area contributed by atoms with Crippen molar-refractivity contribution in [1.29, 1.82) is 0 Å². The van der Waals surface area contributed by atoms with Gasteiger partial charge in [0.1, 0.15) is 22.6 Å². The zero-order valence-corrected chi connectivity index (χ0v) is 38.1. The van der Waals surface area contributed by atoms with Gasteiger partial charge in [-0.05, 0) is 93.8 Å². The molecule has 19 heteroatoms. The second kappa shape index (κ2) is 18.9. The Bertz CT molecular complexity index is 2420. The second-order valence-electron chi connectivity index (χ2n) is 17.3. The summed E-state index contributed by atoms with van der Waals surface area (Å²) in [6, 6.07) is 12.8. The molecule has 5 aliphatic rings. The molecule has 17 nitrogen and oxygen atoms in total. The van der Waals surface area contributed by atoms with Crippen molar-refractivity contribution in [2.75, 3.05) is 99.8 Å². The molecule has 0 aliphatic carbocycles. The van der Waals surface area contributed by atoms with E-state index in [1.54, 1.807) is 31.6 Å². The first kappa shape index (κ1) is 43.8. The molecule has 4 fully saturated rings. The summed E-state index contributed by atoms with van der Waals surface area (Å²) in [7, 11) is 1.18. The Morgan fingerprint density at radius 2 is 1.56 bits per heavy atom. The Labute approximate surface area is 379 Å². The van der Waals surface area contributed by atoms with Gasteiger partial charge in [-0.2, -0.15) is 9.97 Å². The van der Waals surface area contributed by atoms with Crippen molar-refractivity contribution in [1.82, 2.24) is 40.0 Å². The molecule has 1 aromatic carbocycles. The number of anilines is 6. The normalized spacial score (nSPS) is 20.5. The summed E-state index contributed by atoms with van der Waals surface area (Å²) in [4.78, 5) is 80.1. The van der Waals surface area contributed by atoms with E-state index in [0.29, 0.717) is 51.4 Å². The van der Waals surface area contributed by atoms with Crippen molar-refractivity contribution in [2.45, 2.75) is 50.6 Å². The van der Waals surface area contributed by atoms with Crippen molar-refractivity contribution in [2.24, 2.45) is 5.92 Å². The molecule has 8 heterocycles. The minimum Gasteiger partial charge on any atom is -0.479 e. The first-order valence-electron chi connectivity index (χ1n) is 22.1. The van der Waals surface area contributed by atoms with Gasteiger partial charge in [-0.25, -0.2) is 4.98 Å². The van der Waals surface area contributed by atoms with E-state index in [0.717, 1.165) is 112 Å². The maximum atomic E-state index is 13.4. The summed E-state index contributed by atoms with van der Waals surface area (Å²) >= 11 is 6.50. The second-order valence-corrected chi connectivity index (χ2v) is 19.9. The molecule has 0 radical (unpaired) electrons. The number of methoxy groups -OCH3 is 1. The third kappa shape index (κ3) is 9.21. The molecule has 336 valence electrons. The maximum Gasteiger partial charge on any atom is 0.262 e. The highest BCUT2D eigenvalue weighted by Gasteiger charge is 2.45. The number of hydrogen-bond donors (Lipinski definition) is 3. The van der Waals surface area contributed by atoms with Crippen LogP contribution in [0.15, 0.2) is 54.9 Å². The fourth-order valence-corrected chi connectivity index (χ4v) is 10.7. The minimum atomic E-state index is -0.962. The quantitative estimate of drug-likeness (QED) is 0.132. The molecule has 9 rings (SSSR count). The number of imide groups is 2. The molecule has 3 aromatic heterocycles. The first-order chi connectivity index (χ1) is 31.0. The summed E-state index contributed by atoms with van der Waals surface area (Å²) in [6.07, 6.45) is 7.87. The van der Waals surface area contributed by atoms with E-state index in [1.165, 1.54) is 0 Å². The number of benzene rings is 1. The standard InChI is InChI=1S/C45H54ClN12O5P/c1-63-41-34(50-45-48-26-33(46)39(53-45)49-35-5-4-16-47-42(35)64(2)3)8-10-37(51-41)57-19-14-29(15-20-57)56-23-21-54(22-24-56)27-28-12-17-55(18-13-28)30-6-7-31-32(25-30)44(62)58(43(31)61)36-9-11-38(59)52-40(36)60/h4-8,10,16,25-26,28-29,36H,9,11-15,17-24,27H2,1-3H3,(H,52,59,60)(H2,48,49,50,53). The fourth-order valence-electron chi connectivity index (χ4n) is 9.64. The summed E-state index contributed by atoms with van der Waals surface area (Å²) in [5.74, 6) is 0.865. The number of amides is 4. The highest BCUT2D eigenvalue weighted by molar-refractivity contribution is 7.64. The molecule has 3 N–H and O–H groups in total. The summed E-state index contributed by atoms with van der Waals surface area (Å²) < 4.78 is 5.73. The van der Waals surface area contributed by atoms with Gasteiger partial charge in [0.25, 0.3) is 11.8 Å². The number of pyridine rings is 2. The van der Waals surface area contributed by atoms with E-state index < -0.39 is 31.7 Å². The molecule has 5 aliphatic heterocycles. The number of nitrogens with one attached hydrogen (secondary N) is 3. The molecule has 0 saturated carbocycles. The molecule has 4 saturated heterocycles. The number of halogens is 1. The predicted octanol–water partition coefficient (Wildman–Crippen LogP) is 4.69. The van der Waals surface area contributed by atoms with Gasteiger partial charge in [-0.15, -0.1) is 0 Å². The van der Waals surface area contributed by atoms with Crippen LogP contribution >= 0.6 is 19.5 Å². The molecule has 1 unspecified atom stereocenters. The predicted molar refractivity (Wildman–Crippen MR) is 248 cm³/mol. The van der Waals surface area contributed by atoms with E-state index in [1.807, 2.05) is 30.3 Å². The Kier molecular flexibility index (Phi) is 12.9. The van der Waals surface area contributed by atoms with Gasteiger partial charge in [-0.3, -0.25) is 39.3 Å². The zero-order valence-electron chi connectivity index (χ0n) is 36.4. The number of piperidine rings is 3. The largest absolute Gasteiger partial charge is 0.479 e. The molecule has 1 atom stereocenters. The van der Waals surface area contributed by atoms with Gasteiger partial charge < -0.3 is 30.1 Å². The van der Waals surface area contributed by atoms with Gasteiger partial charge in [0.05, 0.1) is 35.6 Å². The number of carbonyl (C=O) groups excluding carboxylic acids is 4. The number of piperazine rings is 1. The summed E-state index contributed by atoms with van der Waals surface area (Å²) in [5.41, 5.74) is 4.06. The van der Waals surface area contributed by atoms with Crippen LogP contribution in [0.2, 0.25) is 5.02 Å². The molecule has 64 heavy (non-hydrogen) atoms. The van der Waals surface area contributed by atoms with Crippen LogP contribution in [0.4, 0.5) is 34.6 Å². The van der Waals surface area contributed by atoms with Gasteiger partial charge in [0.15, 0.2) is 5.82 Å². The molecular formula is C45H54ClN12O5P. The topological polar surface area (TPSA) is 181 Å². The van der Waals surface area contributed by atoms with E-state index in [4.69, 9.17) is 21.3 Å². The van der Waals surface area contributed by atoms with Crippen LogP contribution in [0.5, 0.6) is 5.88 Å². The van der Waals surface area contributed by atoms with Crippen molar-refractivity contribution in [3.8, 4) is 5.88 Å². The van der Waals surface area contributed by atoms with E-state index in [2.05, 4.69) is 63.8 Å². The number of carbonyl (C=O) groups is 4. The van der Waals surface area contributed by atoms with E-state index in [9.17, 15) is 19.2 Å². The lowest BCUT2D eigenvalue weighted by Crippen LogP contribution is -2.54. The van der Waals surface area contributed by atoms with Crippen LogP contribution in [0, 0.1) is 5.92 Å². The summed E-state index contributed by atoms with van der Waals surface area (Å²) in [6.45, 7) is 13.3. The van der Waals surface area contributed by atoms with Crippen LogP contribution < -0.4 is 35.9 Å². The maximum absolute atomic E-state index is 13.4. The van der Waals surface area contributed by atoms with Gasteiger partial charge in [0.2, 0.25) is 23.6 Å². The lowest BCUT2D eigenvalue weighted by Gasteiger charge is -2.44. The van der Waals surface area contributed by atoms with Gasteiger partial charge in [0, 0.05) is 83.2 Å². The number of ether oxygens (including phenoxy) is 1. The first-order valence-corrected chi connectivity index (χ1v) is 24.7. The van der Waals surface area contributed by atoms with Crippen LogP contribution in [0.1, 0.15) is 59.2 Å². The van der Waals surface area contributed by atoms with Gasteiger partial charge >= 0.3 is 0 Å². The number of nitrogens with zero attached hydrogens (tertiary/aromatic N) is 9. The monoisotopic (exact) mass is 908 g/mol. The Morgan fingerprint density at radius 3 is 2.30 bits per heavy atom. The lowest BCUT2D eigenvalue weighted by molar-refractivity contribution is -0.136. The Hall–Kier alpha value is -5.48. The highest BCUT2D eigenvalue weighted by atomic mass is 35.5. The smallest absolute Gasteiger partial charge is 0.262 e. The van der Waals surface area contributed by atoms with Gasteiger partial charge in [-0.1, -0.05) is 19.5 Å². The number of aromatic nitrogens is 4. The van der Waals surface area contributed by atoms with Crippen molar-refractivity contribution in [3.05, 3.63) is 71.0 Å². The molecule has 0 bridgehead atoms. The van der Waals surface area contributed by atoms with E-state index in [-0.39, 0.29) is 18.7 Å². The van der Waals surface area contributed by atoms with Crippen LogP contribution in [0.25, 0.3) is 0 Å². The van der Waals surface area contributed by atoms with Crippen LogP contribution in [-0.2, 0) is 9.59 Å². The van der Waals surface area contributed by atoms with Crippen molar-refractivity contribution < 1.29 is 23.9 Å². The fraction of sp³-hybridized carbons (Fsp3) is 0.467. The third-order valence-electron chi connectivity index (χ3n) is 13.1. The Morgan fingerprint density at radius 1 is 0.812 bits per heavy atom. The third-order valence-corrected chi connectivity index (χ3v) is 14.6. The average Bonchev–Trinajstić information content (AvgIpc) is 3.55. The molecule has 4 aromatic rings. The summed E-state index contributed by atoms with van der Waals surface area (Å²) in [5, 5.41) is 9.26. The highest BCUT2D eigenvalue weighted by Crippen LogP contribution is 2.35. The number of hydrogen-bond acceptors (Lipinski definition) is 15. The lowest BCUT2D eigenvalue weighted by atomic mass is 9.95. The van der Waals surface area contributed by atoms with E-state index >= 15 is 0 Å². The van der Waals surface area contributed by atoms with Crippen LogP contribution in [0.3, 0.4) is 0 Å². The average molecular weight is 909 g/mol.